The van der Waals surface area contributed by atoms with Crippen molar-refractivity contribution in [2.24, 2.45) is 0 Å². The lowest BCUT2D eigenvalue weighted by atomic mass is 10.6. The van der Waals surface area contributed by atoms with Crippen LogP contribution in [0.3, 0.4) is 0 Å². The Balaban J connectivity index is 6.58. The third-order valence-corrected chi connectivity index (χ3v) is 16.7. The van der Waals surface area contributed by atoms with E-state index in [0.717, 1.165) is 4.82 Å². The van der Waals surface area contributed by atoms with Gasteiger partial charge in [0.25, 0.3) is 0 Å². The number of rotatable bonds is 21. The molecule has 13 heteroatoms. The van der Waals surface area contributed by atoms with E-state index in [4.69, 9.17) is 39.8 Å². The Kier molecular flexibility index (Phi) is 18.0. The summed E-state index contributed by atoms with van der Waals surface area (Å²) in [5.74, 6) is 0. The van der Waals surface area contributed by atoms with Crippen LogP contribution in [0.15, 0.2) is 10.2 Å². The molecule has 0 spiro atoms. The highest BCUT2D eigenvalue weighted by molar-refractivity contribution is 8.02. The summed E-state index contributed by atoms with van der Waals surface area (Å²) in [4.78, 5) is 0.725. The molecule has 1 unspecified atom stereocenters. The standard InChI is InChI=1S/C20H46O9SSi3/c1-11-24-32(25-12-2,26-13-3)20(33(27-14-4,28-15-5)29-16-6)17-30-19(7)18-31(21-8,22-9)23-10/h17,19H,11-16,18H2,1-10H3. The zero-order chi connectivity index (χ0) is 25.4. The summed E-state index contributed by atoms with van der Waals surface area (Å²) in [6, 6.07) is 0.615. The summed E-state index contributed by atoms with van der Waals surface area (Å²) in [6.45, 7) is 16.2. The van der Waals surface area contributed by atoms with Crippen molar-refractivity contribution in [3.8, 4) is 0 Å². The molecule has 1 atom stereocenters. The average Bonchev–Trinajstić information content (AvgIpc) is 2.79. The molecular formula is C20H46O9SSi3. The van der Waals surface area contributed by atoms with Crippen LogP contribution in [0.5, 0.6) is 0 Å². The molecule has 0 saturated carbocycles. The van der Waals surface area contributed by atoms with Gasteiger partial charge in [-0.25, -0.2) is 0 Å². The Bertz CT molecular complexity index is 469. The summed E-state index contributed by atoms with van der Waals surface area (Å²) >= 11 is 1.59. The molecular weight excluding hydrogens is 501 g/mol. The van der Waals surface area contributed by atoms with Crippen LogP contribution in [-0.2, 0) is 39.8 Å². The van der Waals surface area contributed by atoms with Gasteiger partial charge in [-0.3, -0.25) is 0 Å². The van der Waals surface area contributed by atoms with Gasteiger partial charge < -0.3 is 39.8 Å². The van der Waals surface area contributed by atoms with Crippen molar-refractivity contribution in [1.29, 1.82) is 0 Å². The maximum atomic E-state index is 6.26. The molecule has 0 heterocycles. The van der Waals surface area contributed by atoms with Crippen LogP contribution >= 0.6 is 11.8 Å². The normalized spacial score (nSPS) is 13.9. The first-order chi connectivity index (χ1) is 15.8. The molecule has 198 valence electrons. The minimum Gasteiger partial charge on any atom is -0.377 e. The van der Waals surface area contributed by atoms with Crippen LogP contribution in [0.1, 0.15) is 48.5 Å². The van der Waals surface area contributed by atoms with Gasteiger partial charge in [0.15, 0.2) is 0 Å². The van der Waals surface area contributed by atoms with E-state index in [2.05, 4.69) is 6.92 Å². The molecule has 0 aliphatic carbocycles. The number of hydrogen-bond donors (Lipinski definition) is 0. The summed E-state index contributed by atoms with van der Waals surface area (Å²) in [7, 11) is -4.65. The van der Waals surface area contributed by atoms with Crippen LogP contribution in [-0.4, -0.2) is 92.6 Å². The van der Waals surface area contributed by atoms with E-state index in [1.54, 1.807) is 33.1 Å². The van der Waals surface area contributed by atoms with Gasteiger partial charge in [-0.15, -0.1) is 11.8 Å². The maximum absolute atomic E-state index is 6.26. The van der Waals surface area contributed by atoms with Gasteiger partial charge in [-0.05, 0) is 47.0 Å². The molecule has 0 aromatic rings. The molecule has 0 aliphatic rings. The third kappa shape index (κ3) is 9.74. The fraction of sp³-hybridized carbons (Fsp3) is 0.900. The zero-order valence-corrected chi connectivity index (χ0v) is 26.0. The van der Waals surface area contributed by atoms with Crippen molar-refractivity contribution >= 4 is 38.2 Å². The van der Waals surface area contributed by atoms with Gasteiger partial charge in [0.1, 0.15) is 0 Å². The first-order valence-corrected chi connectivity index (χ1v) is 18.0. The van der Waals surface area contributed by atoms with Gasteiger partial charge in [-0.1, -0.05) is 6.92 Å². The molecule has 0 aromatic carbocycles. The summed E-state index contributed by atoms with van der Waals surface area (Å²) in [5.41, 5.74) is 0. The molecule has 0 radical (unpaired) electrons. The molecule has 0 bridgehead atoms. The maximum Gasteiger partial charge on any atom is 0.536 e. The third-order valence-electron chi connectivity index (χ3n) is 4.55. The summed E-state index contributed by atoms with van der Waals surface area (Å²) < 4.78 is 54.4. The smallest absolute Gasteiger partial charge is 0.377 e. The number of thioether (sulfide) groups is 1. The van der Waals surface area contributed by atoms with Crippen molar-refractivity contribution < 1.29 is 39.8 Å². The molecule has 0 rings (SSSR count). The van der Waals surface area contributed by atoms with E-state index in [1.807, 2.05) is 47.0 Å². The minimum absolute atomic E-state index is 0.0969. The van der Waals surface area contributed by atoms with Gasteiger partial charge in [-0.2, -0.15) is 0 Å². The van der Waals surface area contributed by atoms with Gasteiger partial charge in [0, 0.05) is 72.3 Å². The molecule has 33 heavy (non-hydrogen) atoms. The summed E-state index contributed by atoms with van der Waals surface area (Å²) in [5, 5.41) is 2.10. The van der Waals surface area contributed by atoms with Crippen LogP contribution in [0.2, 0.25) is 6.04 Å². The van der Waals surface area contributed by atoms with E-state index in [-0.39, 0.29) is 5.25 Å². The molecule has 0 N–H and O–H groups in total. The molecule has 9 nitrogen and oxygen atoms in total. The second-order valence-corrected chi connectivity index (χ2v) is 16.5. The predicted octanol–water partition coefficient (Wildman–Crippen LogP) is 4.05. The molecule has 0 aliphatic heterocycles. The monoisotopic (exact) mass is 546 g/mol. The van der Waals surface area contributed by atoms with Crippen molar-refractivity contribution in [1.82, 2.24) is 0 Å². The predicted molar refractivity (Wildman–Crippen MR) is 138 cm³/mol. The largest absolute Gasteiger partial charge is 0.536 e. The lowest BCUT2D eigenvalue weighted by molar-refractivity contribution is 0.0604. The quantitative estimate of drug-likeness (QED) is 0.197. The highest BCUT2D eigenvalue weighted by atomic mass is 32.2. The Morgan fingerprint density at radius 2 is 0.939 bits per heavy atom. The topological polar surface area (TPSA) is 83.1 Å². The summed E-state index contributed by atoms with van der Waals surface area (Å²) in [6.07, 6.45) is 0. The minimum atomic E-state index is -3.38. The van der Waals surface area contributed by atoms with E-state index >= 15 is 0 Å². The molecule has 0 saturated heterocycles. The van der Waals surface area contributed by atoms with E-state index in [9.17, 15) is 0 Å². The second-order valence-electron chi connectivity index (χ2n) is 6.69. The van der Waals surface area contributed by atoms with Crippen LogP contribution < -0.4 is 0 Å². The first-order valence-electron chi connectivity index (χ1n) is 11.6. The average molecular weight is 547 g/mol. The second kappa shape index (κ2) is 17.8. The van der Waals surface area contributed by atoms with Crippen molar-refractivity contribution in [3.05, 3.63) is 10.2 Å². The highest BCUT2D eigenvalue weighted by Gasteiger charge is 2.61. The highest BCUT2D eigenvalue weighted by Crippen LogP contribution is 2.35. The van der Waals surface area contributed by atoms with Crippen LogP contribution in [0.4, 0.5) is 0 Å². The Morgan fingerprint density at radius 3 is 1.18 bits per heavy atom. The van der Waals surface area contributed by atoms with Crippen molar-refractivity contribution in [2.45, 2.75) is 59.8 Å². The molecule has 0 amide bonds. The Labute approximate surface area is 208 Å². The fourth-order valence-corrected chi connectivity index (χ4v) is 14.4. The van der Waals surface area contributed by atoms with E-state index in [0.29, 0.717) is 45.7 Å². The van der Waals surface area contributed by atoms with Crippen LogP contribution in [0, 0.1) is 0 Å². The van der Waals surface area contributed by atoms with Crippen LogP contribution in [0.25, 0.3) is 0 Å². The molecule has 0 aromatic heterocycles. The van der Waals surface area contributed by atoms with Gasteiger partial charge in [0.05, 0.1) is 4.82 Å². The van der Waals surface area contributed by atoms with E-state index < -0.39 is 26.4 Å². The first kappa shape index (κ1) is 33.4. The Morgan fingerprint density at radius 1 is 0.636 bits per heavy atom. The SMILES string of the molecule is CCO[Si](OCC)(OCC)C(=CSC(C)C[Si](OC)(OC)OC)[Si](OCC)(OCC)OCC. The van der Waals surface area contributed by atoms with Crippen molar-refractivity contribution in [2.75, 3.05) is 61.0 Å². The van der Waals surface area contributed by atoms with Gasteiger partial charge in [0.2, 0.25) is 0 Å². The lowest BCUT2D eigenvalue weighted by Gasteiger charge is -2.38. The number of hydrogen-bond acceptors (Lipinski definition) is 10. The molecule has 0 fully saturated rings. The Hall–Kier alpha value is 0.381. The zero-order valence-electron chi connectivity index (χ0n) is 22.2. The van der Waals surface area contributed by atoms with Gasteiger partial charge >= 0.3 is 26.4 Å². The van der Waals surface area contributed by atoms with Crippen molar-refractivity contribution in [3.63, 3.8) is 0 Å². The lowest BCUT2D eigenvalue weighted by Crippen LogP contribution is -2.62. The fourth-order valence-electron chi connectivity index (χ4n) is 3.27. The van der Waals surface area contributed by atoms with E-state index in [1.165, 1.54) is 0 Å².